The summed E-state index contributed by atoms with van der Waals surface area (Å²) in [5.74, 6) is 0.492. The van der Waals surface area contributed by atoms with Gasteiger partial charge in [0.15, 0.2) is 0 Å². The van der Waals surface area contributed by atoms with Crippen molar-refractivity contribution in [3.05, 3.63) is 95.6 Å². The highest BCUT2D eigenvalue weighted by molar-refractivity contribution is 6.07. The summed E-state index contributed by atoms with van der Waals surface area (Å²) < 4.78 is 6.33. The van der Waals surface area contributed by atoms with Gasteiger partial charge in [-0.3, -0.25) is 4.79 Å². The van der Waals surface area contributed by atoms with Crippen molar-refractivity contribution in [1.82, 2.24) is 0 Å². The quantitative estimate of drug-likeness (QED) is 0.784. The van der Waals surface area contributed by atoms with Gasteiger partial charge in [0.05, 0.1) is 0 Å². The number of para-hydroxylation sites is 1. The van der Waals surface area contributed by atoms with Crippen molar-refractivity contribution in [3.8, 4) is 5.75 Å². The van der Waals surface area contributed by atoms with Crippen molar-refractivity contribution in [1.29, 1.82) is 0 Å². The molecule has 0 spiro atoms. The molecule has 1 amide bonds. The van der Waals surface area contributed by atoms with Gasteiger partial charge in [-0.05, 0) is 25.1 Å². The molecule has 0 aromatic heterocycles. The molecule has 118 valence electrons. The highest BCUT2D eigenvalue weighted by atomic mass is 16.5. The number of carbonyl (C=O) groups excluding carboxylic acids is 1. The topological polar surface area (TPSA) is 38.3 Å². The van der Waals surface area contributed by atoms with Crippen LogP contribution < -0.4 is 10.1 Å². The van der Waals surface area contributed by atoms with E-state index in [0.29, 0.717) is 5.75 Å². The fourth-order valence-corrected chi connectivity index (χ4v) is 3.13. The summed E-state index contributed by atoms with van der Waals surface area (Å²) in [4.78, 5) is 13.0. The molecule has 3 nitrogen and oxygen atoms in total. The minimum Gasteiger partial charge on any atom is -0.468 e. The second kappa shape index (κ2) is 5.53. The Bertz CT molecular complexity index is 887. The van der Waals surface area contributed by atoms with Crippen molar-refractivity contribution in [3.63, 3.8) is 0 Å². The molecule has 1 aliphatic rings. The predicted molar refractivity (Wildman–Crippen MR) is 94.1 cm³/mol. The number of nitrogens with one attached hydrogen (secondary N) is 1. The van der Waals surface area contributed by atoms with Gasteiger partial charge in [0, 0.05) is 16.8 Å². The smallest absolute Gasteiger partial charge is 0.278 e. The molecule has 4 rings (SSSR count). The van der Waals surface area contributed by atoms with Gasteiger partial charge in [-0.2, -0.15) is 0 Å². The fourth-order valence-electron chi connectivity index (χ4n) is 3.13. The van der Waals surface area contributed by atoms with E-state index in [0.717, 1.165) is 22.4 Å². The van der Waals surface area contributed by atoms with Gasteiger partial charge in [-0.1, -0.05) is 66.2 Å². The van der Waals surface area contributed by atoms with Gasteiger partial charge in [-0.15, -0.1) is 0 Å². The third-order valence-corrected chi connectivity index (χ3v) is 4.35. The van der Waals surface area contributed by atoms with Gasteiger partial charge in [0.1, 0.15) is 5.75 Å². The van der Waals surface area contributed by atoms with E-state index < -0.39 is 5.60 Å². The highest BCUT2D eigenvalue weighted by Crippen LogP contribution is 2.44. The lowest BCUT2D eigenvalue weighted by atomic mass is 9.87. The number of anilines is 1. The van der Waals surface area contributed by atoms with Crippen LogP contribution in [0.3, 0.4) is 0 Å². The van der Waals surface area contributed by atoms with Gasteiger partial charge in [-0.25, -0.2) is 0 Å². The van der Waals surface area contributed by atoms with Crippen LogP contribution >= 0.6 is 0 Å². The first-order valence-corrected chi connectivity index (χ1v) is 7.92. The van der Waals surface area contributed by atoms with E-state index in [1.54, 1.807) is 0 Å². The largest absolute Gasteiger partial charge is 0.468 e. The van der Waals surface area contributed by atoms with Crippen LogP contribution in [0.25, 0.3) is 0 Å². The second-order valence-electron chi connectivity index (χ2n) is 5.96. The van der Waals surface area contributed by atoms with Gasteiger partial charge in [0.25, 0.3) is 5.91 Å². The molecule has 24 heavy (non-hydrogen) atoms. The Morgan fingerprint density at radius 1 is 0.833 bits per heavy atom. The third-order valence-electron chi connectivity index (χ3n) is 4.35. The zero-order chi connectivity index (χ0) is 16.6. The van der Waals surface area contributed by atoms with Crippen molar-refractivity contribution in [2.75, 3.05) is 5.32 Å². The predicted octanol–water partition coefficient (Wildman–Crippen LogP) is 4.27. The average molecular weight is 315 g/mol. The molecule has 1 aliphatic heterocycles. The number of ether oxygens (including phenoxy) is 1. The SMILES string of the molecule is Cc1ccc(OC2(c3ccccc3)C(=O)Nc3ccccc32)cc1. The van der Waals surface area contributed by atoms with Crippen LogP contribution in [-0.2, 0) is 10.4 Å². The molecule has 0 saturated carbocycles. The Morgan fingerprint density at radius 3 is 2.25 bits per heavy atom. The first-order valence-electron chi connectivity index (χ1n) is 7.92. The average Bonchev–Trinajstić information content (AvgIpc) is 2.90. The number of hydrogen-bond acceptors (Lipinski definition) is 2. The minimum absolute atomic E-state index is 0.171. The maximum Gasteiger partial charge on any atom is 0.278 e. The summed E-state index contributed by atoms with van der Waals surface area (Å²) in [6.45, 7) is 2.02. The molecule has 3 aromatic carbocycles. The molecule has 0 fully saturated rings. The Morgan fingerprint density at radius 2 is 1.50 bits per heavy atom. The first-order chi connectivity index (χ1) is 11.7. The summed E-state index contributed by atoms with van der Waals surface area (Å²) >= 11 is 0. The van der Waals surface area contributed by atoms with E-state index in [4.69, 9.17) is 4.74 Å². The molecule has 3 heteroatoms. The van der Waals surface area contributed by atoms with Crippen LogP contribution in [0.2, 0.25) is 0 Å². The molecule has 0 aliphatic carbocycles. The normalized spacial score (nSPS) is 18.8. The number of fused-ring (bicyclic) bond motifs is 1. The Labute approximate surface area is 140 Å². The molecular formula is C21H17NO2. The second-order valence-corrected chi connectivity index (χ2v) is 5.96. The van der Waals surface area contributed by atoms with Crippen LogP contribution in [0, 0.1) is 6.92 Å². The zero-order valence-corrected chi connectivity index (χ0v) is 13.3. The van der Waals surface area contributed by atoms with E-state index in [2.05, 4.69) is 5.32 Å². The summed E-state index contributed by atoms with van der Waals surface area (Å²) in [5, 5.41) is 2.95. The molecular weight excluding hydrogens is 298 g/mol. The van der Waals surface area contributed by atoms with Gasteiger partial charge in [0.2, 0.25) is 5.60 Å². The lowest BCUT2D eigenvalue weighted by Crippen LogP contribution is -2.41. The van der Waals surface area contributed by atoms with Gasteiger partial charge < -0.3 is 10.1 Å². The van der Waals surface area contributed by atoms with E-state index in [9.17, 15) is 4.79 Å². The lowest BCUT2D eigenvalue weighted by Gasteiger charge is -2.29. The van der Waals surface area contributed by atoms with Crippen molar-refractivity contribution < 1.29 is 9.53 Å². The summed E-state index contributed by atoms with van der Waals surface area (Å²) in [7, 11) is 0. The van der Waals surface area contributed by atoms with Crippen LogP contribution in [0.15, 0.2) is 78.9 Å². The number of hydrogen-bond donors (Lipinski definition) is 1. The molecule has 0 saturated heterocycles. The molecule has 3 aromatic rings. The summed E-state index contributed by atoms with van der Waals surface area (Å²) in [5.41, 5.74) is 2.41. The number of carbonyl (C=O) groups is 1. The third kappa shape index (κ3) is 2.17. The van der Waals surface area contributed by atoms with Crippen LogP contribution in [0.5, 0.6) is 5.75 Å². The standard InChI is InChI=1S/C21H17NO2/c1-15-11-13-17(14-12-15)24-21(16-7-3-2-4-8-16)18-9-5-6-10-19(18)22-20(21)23/h2-14H,1H3,(H,22,23). The Hall–Kier alpha value is -3.07. The first kappa shape index (κ1) is 14.5. The fraction of sp³-hybridized carbons (Fsp3) is 0.0952. The molecule has 1 unspecified atom stereocenters. The van der Waals surface area contributed by atoms with Crippen LogP contribution in [0.4, 0.5) is 5.69 Å². The van der Waals surface area contributed by atoms with Crippen molar-refractivity contribution >= 4 is 11.6 Å². The Balaban J connectivity index is 1.91. The summed E-state index contributed by atoms with van der Waals surface area (Å²) in [6.07, 6.45) is 0. The van der Waals surface area contributed by atoms with Gasteiger partial charge >= 0.3 is 0 Å². The van der Waals surface area contributed by atoms with Crippen LogP contribution in [0.1, 0.15) is 16.7 Å². The molecule has 0 bridgehead atoms. The minimum atomic E-state index is -1.17. The molecule has 1 atom stereocenters. The summed E-state index contributed by atoms with van der Waals surface area (Å²) in [6, 6.07) is 25.1. The monoisotopic (exact) mass is 315 g/mol. The number of benzene rings is 3. The van der Waals surface area contributed by atoms with E-state index in [-0.39, 0.29) is 5.91 Å². The number of rotatable bonds is 3. The maximum absolute atomic E-state index is 13.0. The molecule has 1 N–H and O–H groups in total. The zero-order valence-electron chi connectivity index (χ0n) is 13.3. The van der Waals surface area contributed by atoms with Crippen molar-refractivity contribution in [2.45, 2.75) is 12.5 Å². The van der Waals surface area contributed by atoms with E-state index >= 15 is 0 Å². The number of amides is 1. The lowest BCUT2D eigenvalue weighted by molar-refractivity contribution is -0.127. The van der Waals surface area contributed by atoms with E-state index in [1.165, 1.54) is 0 Å². The molecule has 0 radical (unpaired) electrons. The molecule has 1 heterocycles. The maximum atomic E-state index is 13.0. The van der Waals surface area contributed by atoms with Crippen molar-refractivity contribution in [2.24, 2.45) is 0 Å². The Kier molecular flexibility index (Phi) is 3.35. The van der Waals surface area contributed by atoms with E-state index in [1.807, 2.05) is 85.8 Å². The number of aryl methyl sites for hydroxylation is 1. The van der Waals surface area contributed by atoms with Crippen LogP contribution in [-0.4, -0.2) is 5.91 Å². The highest BCUT2D eigenvalue weighted by Gasteiger charge is 2.50.